The fraction of sp³-hybridized carbons (Fsp3) is 0.208. The summed E-state index contributed by atoms with van der Waals surface area (Å²) < 4.78 is 0. The van der Waals surface area contributed by atoms with Crippen molar-refractivity contribution in [3.05, 3.63) is 93.6 Å². The smallest absolute Gasteiger partial charge is 0.326 e. The number of carbonyl (C=O) groups excluding carboxylic acids is 1. The Morgan fingerprint density at radius 3 is 2.25 bits per heavy atom. The lowest BCUT2D eigenvalue weighted by atomic mass is 10.0. The molecule has 1 heterocycles. The number of anilines is 1. The molecule has 0 fully saturated rings. The van der Waals surface area contributed by atoms with Gasteiger partial charge in [-0.25, -0.2) is 9.78 Å². The highest BCUT2D eigenvalue weighted by Crippen LogP contribution is 2.24. The molecule has 1 atom stereocenters. The third-order valence-electron chi connectivity index (χ3n) is 4.87. The molecule has 3 rings (SSSR count). The van der Waals surface area contributed by atoms with E-state index in [1.807, 2.05) is 42.5 Å². The normalized spacial score (nSPS) is 11.6. The zero-order chi connectivity index (χ0) is 22.9. The maximum absolute atomic E-state index is 12.5. The van der Waals surface area contributed by atoms with Crippen molar-refractivity contribution in [2.75, 3.05) is 11.9 Å². The van der Waals surface area contributed by atoms with E-state index in [2.05, 4.69) is 15.6 Å². The number of carboxylic acids is 1. The monoisotopic (exact) mass is 471 g/mol. The van der Waals surface area contributed by atoms with E-state index >= 15 is 0 Å². The first-order chi connectivity index (χ1) is 15.4. The maximum atomic E-state index is 12.5. The van der Waals surface area contributed by atoms with Crippen molar-refractivity contribution in [1.29, 1.82) is 0 Å². The van der Waals surface area contributed by atoms with Crippen LogP contribution in [0.1, 0.15) is 27.9 Å². The van der Waals surface area contributed by atoms with Crippen molar-refractivity contribution >= 4 is 40.9 Å². The standard InChI is InChI=1S/C24H23Cl2N3O3/c25-18-6-3-7-19(26)22(18)23(30)29-20(24(31)32)15-17-11-9-16(10-12-17)5-4-14-28-21-8-1-2-13-27-21/h1-3,6-13,20H,4-5,14-15H2,(H,27,28)(H,29,30)(H,31,32)/t20-/m0/s1. The minimum atomic E-state index is -1.13. The van der Waals surface area contributed by atoms with E-state index in [9.17, 15) is 14.7 Å². The van der Waals surface area contributed by atoms with Crippen LogP contribution >= 0.6 is 23.2 Å². The number of aromatic nitrogens is 1. The first-order valence-electron chi connectivity index (χ1n) is 10.1. The van der Waals surface area contributed by atoms with Crippen molar-refractivity contribution < 1.29 is 14.7 Å². The van der Waals surface area contributed by atoms with Crippen LogP contribution in [0.25, 0.3) is 0 Å². The van der Waals surface area contributed by atoms with E-state index in [0.29, 0.717) is 0 Å². The Balaban J connectivity index is 1.53. The zero-order valence-corrected chi connectivity index (χ0v) is 18.7. The molecule has 32 heavy (non-hydrogen) atoms. The number of amides is 1. The predicted octanol–water partition coefficient (Wildman–Crippen LogP) is 4.86. The molecule has 0 aliphatic carbocycles. The topological polar surface area (TPSA) is 91.3 Å². The van der Waals surface area contributed by atoms with Gasteiger partial charge in [-0.1, -0.05) is 59.6 Å². The van der Waals surface area contributed by atoms with Gasteiger partial charge in [0, 0.05) is 19.2 Å². The first kappa shape index (κ1) is 23.6. The number of benzene rings is 2. The van der Waals surface area contributed by atoms with E-state index in [-0.39, 0.29) is 22.0 Å². The highest BCUT2D eigenvalue weighted by Gasteiger charge is 2.23. The molecular formula is C24H23Cl2N3O3. The van der Waals surface area contributed by atoms with E-state index in [1.54, 1.807) is 12.3 Å². The minimum absolute atomic E-state index is 0.0664. The summed E-state index contributed by atoms with van der Waals surface area (Å²) in [5, 5.41) is 15.7. The van der Waals surface area contributed by atoms with E-state index in [4.69, 9.17) is 23.2 Å². The van der Waals surface area contributed by atoms with Gasteiger partial charge in [-0.3, -0.25) is 4.79 Å². The van der Waals surface area contributed by atoms with Crippen LogP contribution in [0.4, 0.5) is 5.82 Å². The van der Waals surface area contributed by atoms with E-state index < -0.39 is 17.9 Å². The summed E-state index contributed by atoms with van der Waals surface area (Å²) in [4.78, 5) is 28.5. The number of hydrogen-bond acceptors (Lipinski definition) is 4. The SMILES string of the molecule is O=C(N[C@@H](Cc1ccc(CCCNc2ccccn2)cc1)C(=O)O)c1c(Cl)cccc1Cl. The summed E-state index contributed by atoms with van der Waals surface area (Å²) in [6, 6.07) is 17.0. The van der Waals surface area contributed by atoms with Crippen LogP contribution in [0, 0.1) is 0 Å². The molecule has 6 nitrogen and oxygen atoms in total. The van der Waals surface area contributed by atoms with Gasteiger partial charge in [0.15, 0.2) is 0 Å². The van der Waals surface area contributed by atoms with Crippen molar-refractivity contribution in [3.8, 4) is 0 Å². The van der Waals surface area contributed by atoms with Crippen LogP contribution in [0.2, 0.25) is 10.0 Å². The minimum Gasteiger partial charge on any atom is -0.480 e. The van der Waals surface area contributed by atoms with Crippen molar-refractivity contribution in [1.82, 2.24) is 10.3 Å². The van der Waals surface area contributed by atoms with Crippen LogP contribution in [-0.4, -0.2) is 34.6 Å². The molecule has 0 spiro atoms. The summed E-state index contributed by atoms with van der Waals surface area (Å²) >= 11 is 12.1. The Morgan fingerprint density at radius 1 is 0.938 bits per heavy atom. The number of aliphatic carboxylic acids is 1. The maximum Gasteiger partial charge on any atom is 0.326 e. The molecule has 1 amide bonds. The molecule has 1 aromatic heterocycles. The molecule has 0 saturated heterocycles. The second-order valence-electron chi connectivity index (χ2n) is 7.23. The van der Waals surface area contributed by atoms with E-state index in [1.165, 1.54) is 12.1 Å². The van der Waals surface area contributed by atoms with Gasteiger partial charge in [0.2, 0.25) is 0 Å². The molecule has 3 N–H and O–H groups in total. The summed E-state index contributed by atoms with van der Waals surface area (Å²) in [5.74, 6) is -0.904. The molecule has 166 valence electrons. The molecule has 0 saturated carbocycles. The summed E-state index contributed by atoms with van der Waals surface area (Å²) in [7, 11) is 0. The molecule has 0 radical (unpaired) electrons. The van der Waals surface area contributed by atoms with Gasteiger partial charge in [-0.05, 0) is 48.2 Å². The van der Waals surface area contributed by atoms with Gasteiger partial charge in [-0.2, -0.15) is 0 Å². The largest absolute Gasteiger partial charge is 0.480 e. The number of carbonyl (C=O) groups is 2. The average Bonchev–Trinajstić information content (AvgIpc) is 2.78. The second kappa shape index (κ2) is 11.5. The first-order valence-corrected chi connectivity index (χ1v) is 10.9. The van der Waals surface area contributed by atoms with Gasteiger partial charge in [0.05, 0.1) is 15.6 Å². The molecule has 3 aromatic rings. The number of rotatable bonds is 10. The Hall–Kier alpha value is -3.09. The molecular weight excluding hydrogens is 449 g/mol. The summed E-state index contributed by atoms with van der Waals surface area (Å²) in [6.45, 7) is 0.802. The molecule has 0 unspecified atom stereocenters. The Labute approximate surface area is 196 Å². The zero-order valence-electron chi connectivity index (χ0n) is 17.2. The number of pyridine rings is 1. The van der Waals surface area contributed by atoms with Gasteiger partial charge >= 0.3 is 5.97 Å². The number of hydrogen-bond donors (Lipinski definition) is 3. The van der Waals surface area contributed by atoms with Crippen LogP contribution in [0.3, 0.4) is 0 Å². The van der Waals surface area contributed by atoms with Crippen molar-refractivity contribution in [3.63, 3.8) is 0 Å². The van der Waals surface area contributed by atoms with Crippen LogP contribution < -0.4 is 10.6 Å². The predicted molar refractivity (Wildman–Crippen MR) is 127 cm³/mol. The molecule has 0 aliphatic rings. The highest BCUT2D eigenvalue weighted by molar-refractivity contribution is 6.39. The third-order valence-corrected chi connectivity index (χ3v) is 5.50. The van der Waals surface area contributed by atoms with Gasteiger partial charge in [0.1, 0.15) is 11.9 Å². The Bertz CT molecular complexity index is 1040. The lowest BCUT2D eigenvalue weighted by molar-refractivity contribution is -0.139. The summed E-state index contributed by atoms with van der Waals surface area (Å²) in [6.07, 6.45) is 3.70. The van der Waals surface area contributed by atoms with Crippen molar-refractivity contribution in [2.24, 2.45) is 0 Å². The second-order valence-corrected chi connectivity index (χ2v) is 8.04. The fourth-order valence-corrected chi connectivity index (χ4v) is 3.77. The number of aryl methyl sites for hydroxylation is 1. The van der Waals surface area contributed by atoms with Crippen LogP contribution in [0.15, 0.2) is 66.9 Å². The molecule has 2 aromatic carbocycles. The van der Waals surface area contributed by atoms with Crippen LogP contribution in [-0.2, 0) is 17.6 Å². The van der Waals surface area contributed by atoms with Gasteiger partial charge in [-0.15, -0.1) is 0 Å². The third kappa shape index (κ3) is 6.70. The quantitative estimate of drug-likeness (QED) is 0.367. The average molecular weight is 472 g/mol. The Morgan fingerprint density at radius 2 is 1.62 bits per heavy atom. The summed E-state index contributed by atoms with van der Waals surface area (Å²) in [5.41, 5.74) is 2.02. The number of carboxylic acid groups (broad SMARTS) is 1. The lowest BCUT2D eigenvalue weighted by Crippen LogP contribution is -2.42. The number of halogens is 2. The van der Waals surface area contributed by atoms with E-state index in [0.717, 1.165) is 36.3 Å². The molecule has 0 bridgehead atoms. The van der Waals surface area contributed by atoms with Gasteiger partial charge < -0.3 is 15.7 Å². The lowest BCUT2D eigenvalue weighted by Gasteiger charge is -2.16. The highest BCUT2D eigenvalue weighted by atomic mass is 35.5. The number of nitrogens with one attached hydrogen (secondary N) is 2. The van der Waals surface area contributed by atoms with Gasteiger partial charge in [0.25, 0.3) is 5.91 Å². The molecule has 8 heteroatoms. The fourth-order valence-electron chi connectivity index (χ4n) is 3.20. The number of nitrogens with zero attached hydrogens (tertiary/aromatic N) is 1. The van der Waals surface area contributed by atoms with Crippen LogP contribution in [0.5, 0.6) is 0 Å². The Kier molecular flexibility index (Phi) is 8.48. The molecule has 0 aliphatic heterocycles. The van der Waals surface area contributed by atoms with Crippen molar-refractivity contribution in [2.45, 2.75) is 25.3 Å².